The number of anilines is 3. The second-order valence-corrected chi connectivity index (χ2v) is 5.90. The number of aryl methyl sites for hydroxylation is 2. The average Bonchev–Trinajstić information content (AvgIpc) is 3.14. The molecule has 0 radical (unpaired) electrons. The van der Waals surface area contributed by atoms with Crippen LogP contribution in [0.1, 0.15) is 17.5 Å². The van der Waals surface area contributed by atoms with Crippen LogP contribution in [0.5, 0.6) is 0 Å². The van der Waals surface area contributed by atoms with Crippen molar-refractivity contribution in [3.8, 4) is 0 Å². The third-order valence-corrected chi connectivity index (χ3v) is 3.91. The highest BCUT2D eigenvalue weighted by Gasteiger charge is 2.07. The van der Waals surface area contributed by atoms with Crippen LogP contribution >= 0.6 is 0 Å². The van der Waals surface area contributed by atoms with E-state index in [4.69, 9.17) is 5.73 Å². The first kappa shape index (κ1) is 16.8. The van der Waals surface area contributed by atoms with Crippen LogP contribution in [0, 0.1) is 6.92 Å². The predicted octanol–water partition coefficient (Wildman–Crippen LogP) is 2.68. The minimum absolute atomic E-state index is 0.539. The number of benzene rings is 1. The van der Waals surface area contributed by atoms with E-state index in [1.54, 1.807) is 6.20 Å². The summed E-state index contributed by atoms with van der Waals surface area (Å²) in [5.74, 6) is 1.31. The van der Waals surface area contributed by atoms with E-state index in [0.29, 0.717) is 23.9 Å². The maximum Gasteiger partial charge on any atom is 0.155 e. The van der Waals surface area contributed by atoms with Crippen molar-refractivity contribution in [3.63, 3.8) is 0 Å². The predicted molar refractivity (Wildman–Crippen MR) is 100 cm³/mol. The van der Waals surface area contributed by atoms with E-state index in [0.717, 1.165) is 19.5 Å². The molecule has 7 heteroatoms. The Bertz CT molecular complexity index is 782. The van der Waals surface area contributed by atoms with E-state index in [2.05, 4.69) is 56.8 Å². The lowest BCUT2D eigenvalue weighted by Crippen LogP contribution is -2.11. The normalized spacial score (nSPS) is 10.6. The van der Waals surface area contributed by atoms with Crippen LogP contribution in [0.25, 0.3) is 0 Å². The number of nitrogens with zero attached hydrogens (tertiary/aromatic N) is 4. The van der Waals surface area contributed by atoms with Crippen LogP contribution in [-0.4, -0.2) is 26.1 Å². The third kappa shape index (κ3) is 4.69. The Kier molecular flexibility index (Phi) is 5.46. The summed E-state index contributed by atoms with van der Waals surface area (Å²) in [6, 6.07) is 8.37. The van der Waals surface area contributed by atoms with Crippen molar-refractivity contribution in [1.82, 2.24) is 19.5 Å². The van der Waals surface area contributed by atoms with Gasteiger partial charge in [-0.15, -0.1) is 0 Å². The number of rotatable bonds is 8. The lowest BCUT2D eigenvalue weighted by Gasteiger charge is -2.12. The smallest absolute Gasteiger partial charge is 0.155 e. The van der Waals surface area contributed by atoms with Gasteiger partial charge in [-0.3, -0.25) is 0 Å². The standard InChI is InChI=1S/C18H23N7/c1-14-3-5-15(6-4-14)11-22-18-16(19)17(23-12-24-18)21-7-2-9-25-10-8-20-13-25/h3-6,8,10,12-13H,2,7,9,11,19H2,1H3,(H2,21,22,23,24). The average molecular weight is 337 g/mol. The van der Waals surface area contributed by atoms with Crippen molar-refractivity contribution in [2.75, 3.05) is 22.9 Å². The Labute approximate surface area is 147 Å². The lowest BCUT2D eigenvalue weighted by atomic mass is 10.1. The molecule has 130 valence electrons. The first-order valence-electron chi connectivity index (χ1n) is 8.32. The number of hydrogen-bond acceptors (Lipinski definition) is 6. The molecule has 1 aromatic carbocycles. The summed E-state index contributed by atoms with van der Waals surface area (Å²) in [6.07, 6.45) is 8.01. The molecule has 0 aliphatic rings. The van der Waals surface area contributed by atoms with E-state index in [1.165, 1.54) is 17.5 Å². The van der Waals surface area contributed by atoms with Gasteiger partial charge in [0.25, 0.3) is 0 Å². The first-order chi connectivity index (χ1) is 12.2. The van der Waals surface area contributed by atoms with Crippen LogP contribution in [0.3, 0.4) is 0 Å². The van der Waals surface area contributed by atoms with E-state index < -0.39 is 0 Å². The fourth-order valence-corrected chi connectivity index (χ4v) is 2.46. The summed E-state index contributed by atoms with van der Waals surface area (Å²) in [7, 11) is 0. The van der Waals surface area contributed by atoms with Gasteiger partial charge in [-0.25, -0.2) is 15.0 Å². The van der Waals surface area contributed by atoms with E-state index in [9.17, 15) is 0 Å². The molecule has 0 atom stereocenters. The minimum atomic E-state index is 0.539. The molecule has 0 aliphatic heterocycles. The van der Waals surface area contributed by atoms with Gasteiger partial charge < -0.3 is 20.9 Å². The molecule has 2 heterocycles. The van der Waals surface area contributed by atoms with Crippen LogP contribution in [0.15, 0.2) is 49.3 Å². The molecule has 3 rings (SSSR count). The molecular weight excluding hydrogens is 314 g/mol. The quantitative estimate of drug-likeness (QED) is 0.547. The Hall–Kier alpha value is -3.09. The van der Waals surface area contributed by atoms with Crippen LogP contribution in [0.2, 0.25) is 0 Å². The lowest BCUT2D eigenvalue weighted by molar-refractivity contribution is 0.660. The van der Waals surface area contributed by atoms with Crippen molar-refractivity contribution in [1.29, 1.82) is 0 Å². The molecular formula is C18H23N7. The fourth-order valence-electron chi connectivity index (χ4n) is 2.46. The molecule has 4 N–H and O–H groups in total. The van der Waals surface area contributed by atoms with E-state index >= 15 is 0 Å². The van der Waals surface area contributed by atoms with Crippen molar-refractivity contribution in [2.24, 2.45) is 0 Å². The number of imidazole rings is 1. The molecule has 0 bridgehead atoms. The van der Waals surface area contributed by atoms with E-state index in [-0.39, 0.29) is 0 Å². The van der Waals surface area contributed by atoms with Gasteiger partial charge in [0, 0.05) is 32.0 Å². The SMILES string of the molecule is Cc1ccc(CNc2ncnc(NCCCn3ccnc3)c2N)cc1. The number of nitrogens with two attached hydrogens (primary N) is 1. The zero-order valence-electron chi connectivity index (χ0n) is 14.3. The molecule has 0 unspecified atom stereocenters. The summed E-state index contributed by atoms with van der Waals surface area (Å²) in [5.41, 5.74) is 9.14. The van der Waals surface area contributed by atoms with Crippen LogP contribution in [0.4, 0.5) is 17.3 Å². The molecule has 25 heavy (non-hydrogen) atoms. The number of aromatic nitrogens is 4. The van der Waals surface area contributed by atoms with Gasteiger partial charge in [-0.05, 0) is 18.9 Å². The highest BCUT2D eigenvalue weighted by atomic mass is 15.1. The van der Waals surface area contributed by atoms with Crippen molar-refractivity contribution in [2.45, 2.75) is 26.4 Å². The van der Waals surface area contributed by atoms with Crippen LogP contribution < -0.4 is 16.4 Å². The molecule has 0 aliphatic carbocycles. The molecule has 0 amide bonds. The zero-order chi connectivity index (χ0) is 17.5. The molecule has 0 spiro atoms. The van der Waals surface area contributed by atoms with Gasteiger partial charge in [0.05, 0.1) is 6.33 Å². The maximum atomic E-state index is 6.18. The van der Waals surface area contributed by atoms with Gasteiger partial charge in [-0.1, -0.05) is 29.8 Å². The summed E-state index contributed by atoms with van der Waals surface area (Å²) in [4.78, 5) is 12.5. The summed E-state index contributed by atoms with van der Waals surface area (Å²) in [5, 5.41) is 6.54. The highest BCUT2D eigenvalue weighted by molar-refractivity contribution is 5.73. The topological polar surface area (TPSA) is 93.7 Å². The van der Waals surface area contributed by atoms with Crippen LogP contribution in [-0.2, 0) is 13.1 Å². The Morgan fingerprint density at radius 2 is 1.84 bits per heavy atom. The van der Waals surface area contributed by atoms with Crippen molar-refractivity contribution < 1.29 is 0 Å². The first-order valence-corrected chi connectivity index (χ1v) is 8.32. The van der Waals surface area contributed by atoms with Gasteiger partial charge in [0.15, 0.2) is 11.6 Å². The molecule has 3 aromatic rings. The minimum Gasteiger partial charge on any atom is -0.393 e. The fraction of sp³-hybridized carbons (Fsp3) is 0.278. The summed E-state index contributed by atoms with van der Waals surface area (Å²) >= 11 is 0. The van der Waals surface area contributed by atoms with Gasteiger partial charge in [-0.2, -0.15) is 0 Å². The molecule has 0 saturated carbocycles. The van der Waals surface area contributed by atoms with Gasteiger partial charge in [0.2, 0.25) is 0 Å². The Balaban J connectivity index is 1.53. The number of hydrogen-bond donors (Lipinski definition) is 3. The highest BCUT2D eigenvalue weighted by Crippen LogP contribution is 2.22. The molecule has 0 saturated heterocycles. The number of nitrogens with one attached hydrogen (secondary N) is 2. The van der Waals surface area contributed by atoms with Crippen molar-refractivity contribution in [3.05, 3.63) is 60.4 Å². The third-order valence-electron chi connectivity index (χ3n) is 3.91. The second kappa shape index (κ2) is 8.14. The summed E-state index contributed by atoms with van der Waals surface area (Å²) < 4.78 is 2.04. The molecule has 7 nitrogen and oxygen atoms in total. The second-order valence-electron chi connectivity index (χ2n) is 5.90. The Morgan fingerprint density at radius 3 is 2.56 bits per heavy atom. The van der Waals surface area contributed by atoms with Crippen molar-refractivity contribution >= 4 is 17.3 Å². The van der Waals surface area contributed by atoms with E-state index in [1.807, 2.05) is 17.1 Å². The Morgan fingerprint density at radius 1 is 1.08 bits per heavy atom. The van der Waals surface area contributed by atoms with Gasteiger partial charge >= 0.3 is 0 Å². The zero-order valence-corrected chi connectivity index (χ0v) is 14.3. The van der Waals surface area contributed by atoms with Gasteiger partial charge in [0.1, 0.15) is 12.0 Å². The largest absolute Gasteiger partial charge is 0.393 e. The number of nitrogen functional groups attached to an aromatic ring is 1. The molecule has 0 fully saturated rings. The maximum absolute atomic E-state index is 6.18. The summed E-state index contributed by atoms with van der Waals surface area (Å²) in [6.45, 7) is 4.42. The molecule has 2 aromatic heterocycles. The monoisotopic (exact) mass is 337 g/mol.